The third-order valence-corrected chi connectivity index (χ3v) is 5.35. The third-order valence-electron chi connectivity index (χ3n) is 5.35. The van der Waals surface area contributed by atoms with Gasteiger partial charge in [-0.3, -0.25) is 14.4 Å². The van der Waals surface area contributed by atoms with E-state index >= 15 is 0 Å². The Balaban J connectivity index is 1.64. The molecule has 0 aliphatic carbocycles. The lowest BCUT2D eigenvalue weighted by molar-refractivity contribution is -0.122. The number of hydrogen-bond donors (Lipinski definition) is 1. The van der Waals surface area contributed by atoms with Crippen LogP contribution in [0.1, 0.15) is 42.1 Å². The summed E-state index contributed by atoms with van der Waals surface area (Å²) < 4.78 is 0. The van der Waals surface area contributed by atoms with Crippen molar-refractivity contribution in [1.29, 1.82) is 0 Å². The Morgan fingerprint density at radius 1 is 1.13 bits per heavy atom. The molecular formula is C24H29N3O3. The molecule has 0 aromatic heterocycles. The highest BCUT2D eigenvalue weighted by Gasteiger charge is 2.35. The zero-order valence-corrected chi connectivity index (χ0v) is 17.9. The number of benzene rings is 2. The highest BCUT2D eigenvalue weighted by atomic mass is 16.2. The van der Waals surface area contributed by atoms with Crippen molar-refractivity contribution in [2.45, 2.75) is 32.6 Å². The molecule has 1 saturated heterocycles. The molecule has 1 fully saturated rings. The van der Waals surface area contributed by atoms with Gasteiger partial charge in [-0.1, -0.05) is 31.5 Å². The van der Waals surface area contributed by atoms with E-state index in [0.29, 0.717) is 17.8 Å². The van der Waals surface area contributed by atoms with Crippen molar-refractivity contribution in [3.8, 4) is 0 Å². The molecular weight excluding hydrogens is 378 g/mol. The lowest BCUT2D eigenvalue weighted by Gasteiger charge is -2.17. The number of rotatable bonds is 7. The van der Waals surface area contributed by atoms with Crippen LogP contribution in [-0.4, -0.2) is 43.3 Å². The van der Waals surface area contributed by atoms with Crippen LogP contribution in [0.25, 0.3) is 0 Å². The maximum absolute atomic E-state index is 12.7. The third kappa shape index (κ3) is 5.06. The number of anilines is 2. The first-order chi connectivity index (χ1) is 14.4. The average molecular weight is 408 g/mol. The highest BCUT2D eigenvalue weighted by molar-refractivity contribution is 6.04. The van der Waals surface area contributed by atoms with Gasteiger partial charge in [0.2, 0.25) is 11.8 Å². The standard InChI is InChI=1S/C24H29N3O3/c1-4-5-7-17-10-12-21(13-11-17)27-16-19(15-22(27)28)23(29)25-20-9-6-8-18(14-20)24(30)26(2)3/h6,8-14,19H,4-5,7,15-16H2,1-3H3,(H,25,29)/t19-/m1/s1. The summed E-state index contributed by atoms with van der Waals surface area (Å²) in [6, 6.07) is 14.9. The smallest absolute Gasteiger partial charge is 0.253 e. The minimum absolute atomic E-state index is 0.0482. The number of nitrogens with one attached hydrogen (secondary N) is 1. The first kappa shape index (κ1) is 21.6. The number of carbonyl (C=O) groups is 3. The molecule has 0 bridgehead atoms. The van der Waals surface area contributed by atoms with Gasteiger partial charge in [-0.05, 0) is 48.7 Å². The van der Waals surface area contributed by atoms with Crippen LogP contribution in [0.5, 0.6) is 0 Å². The van der Waals surface area contributed by atoms with Gasteiger partial charge in [-0.15, -0.1) is 0 Å². The summed E-state index contributed by atoms with van der Waals surface area (Å²) in [6.45, 7) is 2.52. The number of nitrogens with zero attached hydrogens (tertiary/aromatic N) is 2. The topological polar surface area (TPSA) is 69.7 Å². The fraction of sp³-hybridized carbons (Fsp3) is 0.375. The van der Waals surface area contributed by atoms with Gasteiger partial charge in [-0.2, -0.15) is 0 Å². The molecule has 1 aliphatic rings. The Morgan fingerprint density at radius 3 is 2.53 bits per heavy atom. The molecule has 1 aliphatic heterocycles. The fourth-order valence-electron chi connectivity index (χ4n) is 3.59. The Kier molecular flexibility index (Phi) is 6.87. The van der Waals surface area contributed by atoms with Crippen LogP contribution < -0.4 is 10.2 Å². The van der Waals surface area contributed by atoms with Gasteiger partial charge >= 0.3 is 0 Å². The second-order valence-electron chi connectivity index (χ2n) is 7.95. The summed E-state index contributed by atoms with van der Waals surface area (Å²) in [7, 11) is 3.37. The van der Waals surface area contributed by atoms with Gasteiger partial charge in [-0.25, -0.2) is 0 Å². The molecule has 1 atom stereocenters. The van der Waals surface area contributed by atoms with Gasteiger partial charge in [0.25, 0.3) is 5.91 Å². The molecule has 0 unspecified atom stereocenters. The number of carbonyl (C=O) groups excluding carboxylic acids is 3. The molecule has 30 heavy (non-hydrogen) atoms. The van der Waals surface area contributed by atoms with Gasteiger partial charge < -0.3 is 15.1 Å². The Labute approximate surface area is 177 Å². The van der Waals surface area contributed by atoms with Crippen LogP contribution in [0.4, 0.5) is 11.4 Å². The lowest BCUT2D eigenvalue weighted by Crippen LogP contribution is -2.28. The zero-order valence-electron chi connectivity index (χ0n) is 17.9. The molecule has 3 rings (SSSR count). The van der Waals surface area contributed by atoms with Gasteiger partial charge in [0.1, 0.15) is 0 Å². The minimum Gasteiger partial charge on any atom is -0.345 e. The normalized spacial score (nSPS) is 15.9. The van der Waals surface area contributed by atoms with Crippen LogP contribution in [0.3, 0.4) is 0 Å². The van der Waals surface area contributed by atoms with Crippen molar-refractivity contribution in [3.05, 3.63) is 59.7 Å². The second kappa shape index (κ2) is 9.57. The molecule has 0 radical (unpaired) electrons. The predicted octanol–water partition coefficient (Wildman–Crippen LogP) is 3.72. The molecule has 158 valence electrons. The SMILES string of the molecule is CCCCc1ccc(N2C[C@H](C(=O)Nc3cccc(C(=O)N(C)C)c3)CC2=O)cc1. The van der Waals surface area contributed by atoms with Gasteiger partial charge in [0.05, 0.1) is 5.92 Å². The summed E-state index contributed by atoms with van der Waals surface area (Å²) in [6.07, 6.45) is 3.51. The summed E-state index contributed by atoms with van der Waals surface area (Å²) in [5.74, 6) is -0.811. The van der Waals surface area contributed by atoms with Crippen LogP contribution >= 0.6 is 0 Å². The van der Waals surface area contributed by atoms with Crippen molar-refractivity contribution >= 4 is 29.1 Å². The predicted molar refractivity (Wildman–Crippen MR) is 119 cm³/mol. The van der Waals surface area contributed by atoms with E-state index < -0.39 is 5.92 Å². The van der Waals surface area contributed by atoms with Gasteiger partial charge in [0.15, 0.2) is 0 Å². The number of unbranched alkanes of at least 4 members (excludes halogenated alkanes) is 1. The molecule has 6 nitrogen and oxygen atoms in total. The van der Waals surface area contributed by atoms with E-state index in [1.165, 1.54) is 10.5 Å². The fourth-order valence-corrected chi connectivity index (χ4v) is 3.59. The second-order valence-corrected chi connectivity index (χ2v) is 7.95. The van der Waals surface area contributed by atoms with E-state index in [9.17, 15) is 14.4 Å². The average Bonchev–Trinajstić information content (AvgIpc) is 3.14. The van der Waals surface area contributed by atoms with Crippen molar-refractivity contribution in [1.82, 2.24) is 4.90 Å². The molecule has 3 amide bonds. The van der Waals surface area contributed by atoms with E-state index in [-0.39, 0.29) is 24.1 Å². The van der Waals surface area contributed by atoms with E-state index in [1.54, 1.807) is 43.3 Å². The molecule has 2 aromatic carbocycles. The molecule has 2 aromatic rings. The maximum Gasteiger partial charge on any atom is 0.253 e. The van der Waals surface area contributed by atoms with Crippen molar-refractivity contribution in [2.24, 2.45) is 5.92 Å². The lowest BCUT2D eigenvalue weighted by atomic mass is 10.1. The van der Waals surface area contributed by atoms with E-state index in [4.69, 9.17) is 0 Å². The minimum atomic E-state index is -0.425. The Morgan fingerprint density at radius 2 is 1.87 bits per heavy atom. The zero-order chi connectivity index (χ0) is 21.7. The number of amides is 3. The summed E-state index contributed by atoms with van der Waals surface area (Å²) in [4.78, 5) is 40.5. The Bertz CT molecular complexity index is 922. The number of hydrogen-bond acceptors (Lipinski definition) is 3. The first-order valence-corrected chi connectivity index (χ1v) is 10.4. The first-order valence-electron chi connectivity index (χ1n) is 10.4. The largest absolute Gasteiger partial charge is 0.345 e. The van der Waals surface area contributed by atoms with E-state index in [2.05, 4.69) is 24.4 Å². The molecule has 6 heteroatoms. The summed E-state index contributed by atoms with van der Waals surface area (Å²) in [5.41, 5.74) is 3.15. The summed E-state index contributed by atoms with van der Waals surface area (Å²) >= 11 is 0. The van der Waals surface area contributed by atoms with Crippen molar-refractivity contribution < 1.29 is 14.4 Å². The monoisotopic (exact) mass is 407 g/mol. The molecule has 0 saturated carbocycles. The van der Waals surface area contributed by atoms with Crippen molar-refractivity contribution in [2.75, 3.05) is 30.9 Å². The summed E-state index contributed by atoms with van der Waals surface area (Å²) in [5, 5.41) is 2.85. The maximum atomic E-state index is 12.7. The van der Waals surface area contributed by atoms with E-state index in [1.807, 2.05) is 12.1 Å². The van der Waals surface area contributed by atoms with Crippen LogP contribution in [-0.2, 0) is 16.0 Å². The molecule has 1 N–H and O–H groups in total. The van der Waals surface area contributed by atoms with Crippen LogP contribution in [0.2, 0.25) is 0 Å². The van der Waals surface area contributed by atoms with Crippen LogP contribution in [0.15, 0.2) is 48.5 Å². The molecule has 0 spiro atoms. The Hall–Kier alpha value is -3.15. The van der Waals surface area contributed by atoms with E-state index in [0.717, 1.165) is 24.9 Å². The van der Waals surface area contributed by atoms with Crippen LogP contribution in [0, 0.1) is 5.92 Å². The highest BCUT2D eigenvalue weighted by Crippen LogP contribution is 2.27. The molecule has 1 heterocycles. The number of aryl methyl sites for hydroxylation is 1. The quantitative estimate of drug-likeness (QED) is 0.760. The van der Waals surface area contributed by atoms with Gasteiger partial charge in [0, 0.05) is 44.0 Å². The van der Waals surface area contributed by atoms with Crippen molar-refractivity contribution in [3.63, 3.8) is 0 Å².